The van der Waals surface area contributed by atoms with Crippen molar-refractivity contribution in [2.75, 3.05) is 32.2 Å². The van der Waals surface area contributed by atoms with Gasteiger partial charge in [0.2, 0.25) is 11.5 Å². The zero-order chi connectivity index (χ0) is 43.5. The van der Waals surface area contributed by atoms with Crippen LogP contribution in [-0.2, 0) is 40.0 Å². The predicted molar refractivity (Wildman–Crippen MR) is 225 cm³/mol. The number of carbonyl (C=O) groups excluding carboxylic acids is 1. The lowest BCUT2D eigenvalue weighted by Crippen LogP contribution is -2.44. The second-order valence-electron chi connectivity index (χ2n) is 15.6. The van der Waals surface area contributed by atoms with E-state index in [2.05, 4.69) is 17.0 Å². The van der Waals surface area contributed by atoms with Crippen LogP contribution in [0.15, 0.2) is 36.7 Å². The van der Waals surface area contributed by atoms with Crippen LogP contribution in [0.1, 0.15) is 128 Å². The number of nitrogens with zero attached hydrogens (tertiary/aromatic N) is 5. The fourth-order valence-corrected chi connectivity index (χ4v) is 8.44. The first-order valence-corrected chi connectivity index (χ1v) is 23.2. The number of phosphoric ester groups is 1. The highest BCUT2D eigenvalue weighted by molar-refractivity contribution is 7.47. The third-order valence-electron chi connectivity index (χ3n) is 11.0. The SMILES string of the molecule is CCCCCCCCCCCCCCCCCCOC[C@H](COP(=O)(O)OC[C@H]1O[C@@](C#N)(c2ccc3c(N)ncnn23)[C@H](O)[C@@H]1O)N(Cc1ccc(F)c(Cl)c1)C(C)=O. The number of nitrogen functional groups attached to an aromatic ring is 1. The molecule has 6 atom stereocenters. The molecule has 0 spiro atoms. The van der Waals surface area contributed by atoms with Gasteiger partial charge in [0.1, 0.15) is 42.0 Å². The van der Waals surface area contributed by atoms with Crippen LogP contribution in [-0.4, -0.2) is 91.3 Å². The summed E-state index contributed by atoms with van der Waals surface area (Å²) in [6, 6.07) is 8.02. The summed E-state index contributed by atoms with van der Waals surface area (Å²) in [7, 11) is -4.91. The smallest absolute Gasteiger partial charge is 0.387 e. The minimum Gasteiger partial charge on any atom is -0.387 e. The number of fused-ring (bicyclic) bond motifs is 1. The maximum atomic E-state index is 13.9. The third-order valence-corrected chi connectivity index (χ3v) is 12.2. The molecule has 1 aliphatic heterocycles. The van der Waals surface area contributed by atoms with Crippen LogP contribution in [0.3, 0.4) is 0 Å². The number of nitriles is 1. The lowest BCUT2D eigenvalue weighted by molar-refractivity contribution is -0.134. The van der Waals surface area contributed by atoms with E-state index < -0.39 is 62.7 Å². The Morgan fingerprint density at radius 2 is 1.63 bits per heavy atom. The lowest BCUT2D eigenvalue weighted by atomic mass is 9.92. The van der Waals surface area contributed by atoms with Gasteiger partial charge in [-0.1, -0.05) is 121 Å². The van der Waals surface area contributed by atoms with E-state index in [0.29, 0.717) is 17.7 Å². The first kappa shape index (κ1) is 49.4. The topological polar surface area (TPSA) is 215 Å². The Hall–Kier alpha value is -3.23. The number of carbonyl (C=O) groups is 1. The summed E-state index contributed by atoms with van der Waals surface area (Å²) in [4.78, 5) is 29.0. The van der Waals surface area contributed by atoms with Crippen LogP contribution >= 0.6 is 19.4 Å². The molecule has 1 unspecified atom stereocenters. The molecular weight excluding hydrogens is 818 g/mol. The molecule has 0 bridgehead atoms. The minimum atomic E-state index is -4.91. The van der Waals surface area contributed by atoms with Crippen molar-refractivity contribution in [1.29, 1.82) is 5.26 Å². The van der Waals surface area contributed by atoms with Gasteiger partial charge in [-0.25, -0.2) is 18.5 Å². The number of hydrogen-bond acceptors (Lipinski definition) is 12. The van der Waals surface area contributed by atoms with Crippen molar-refractivity contribution < 1.29 is 47.4 Å². The van der Waals surface area contributed by atoms with Gasteiger partial charge < -0.3 is 35.2 Å². The molecule has 1 saturated heterocycles. The van der Waals surface area contributed by atoms with E-state index in [9.17, 15) is 34.1 Å². The van der Waals surface area contributed by atoms with Crippen LogP contribution in [0.4, 0.5) is 10.2 Å². The average Bonchev–Trinajstić information content (AvgIpc) is 3.77. The maximum absolute atomic E-state index is 13.9. The molecular formula is C42H63ClFN6O9P. The predicted octanol–water partition coefficient (Wildman–Crippen LogP) is 7.77. The number of benzene rings is 1. The number of unbranched alkanes of at least 4 members (excludes halogenated alkanes) is 15. The lowest BCUT2D eigenvalue weighted by Gasteiger charge is -2.31. The van der Waals surface area contributed by atoms with Crippen molar-refractivity contribution in [3.05, 3.63) is 58.8 Å². The molecule has 1 aromatic carbocycles. The highest BCUT2D eigenvalue weighted by atomic mass is 35.5. The quantitative estimate of drug-likeness (QED) is 0.0388. The van der Waals surface area contributed by atoms with Crippen molar-refractivity contribution in [1.82, 2.24) is 19.5 Å². The molecule has 0 saturated carbocycles. The van der Waals surface area contributed by atoms with E-state index >= 15 is 0 Å². The summed E-state index contributed by atoms with van der Waals surface area (Å²) in [5.74, 6) is -0.922. The fourth-order valence-electron chi connectivity index (χ4n) is 7.47. The Bertz CT molecular complexity index is 1870. The number of phosphoric acid groups is 1. The van der Waals surface area contributed by atoms with Crippen LogP contribution in [0.2, 0.25) is 5.02 Å². The van der Waals surface area contributed by atoms with Crippen LogP contribution in [0, 0.1) is 17.1 Å². The largest absolute Gasteiger partial charge is 0.472 e. The monoisotopic (exact) mass is 880 g/mol. The Labute approximate surface area is 357 Å². The Morgan fingerprint density at radius 1 is 1.02 bits per heavy atom. The van der Waals surface area contributed by atoms with E-state index in [4.69, 9.17) is 35.9 Å². The number of hydrogen-bond donors (Lipinski definition) is 4. The van der Waals surface area contributed by atoms with Crippen molar-refractivity contribution in [2.45, 2.75) is 153 Å². The van der Waals surface area contributed by atoms with Crippen LogP contribution in [0.25, 0.3) is 5.52 Å². The molecule has 1 fully saturated rings. The highest BCUT2D eigenvalue weighted by Crippen LogP contribution is 2.46. The first-order chi connectivity index (χ1) is 28.8. The Kier molecular flexibility index (Phi) is 20.6. The number of amides is 1. The molecule has 1 amide bonds. The van der Waals surface area contributed by atoms with Gasteiger partial charge in [-0.15, -0.1) is 0 Å². The molecule has 2 aromatic heterocycles. The highest BCUT2D eigenvalue weighted by Gasteiger charge is 2.58. The fraction of sp³-hybridized carbons (Fsp3) is 0.667. The molecule has 18 heteroatoms. The number of ether oxygens (including phenoxy) is 2. The Morgan fingerprint density at radius 3 is 2.22 bits per heavy atom. The van der Waals surface area contributed by atoms with E-state index in [-0.39, 0.29) is 29.7 Å². The van der Waals surface area contributed by atoms with E-state index in [1.165, 1.54) is 124 Å². The summed E-state index contributed by atoms with van der Waals surface area (Å²) in [5.41, 5.74) is 4.64. The summed E-state index contributed by atoms with van der Waals surface area (Å²) in [6.45, 7) is 2.63. The Balaban J connectivity index is 1.26. The first-order valence-electron chi connectivity index (χ1n) is 21.3. The van der Waals surface area contributed by atoms with Crippen LogP contribution < -0.4 is 5.73 Å². The van der Waals surface area contributed by atoms with Gasteiger partial charge in [0.25, 0.3) is 0 Å². The molecule has 15 nitrogen and oxygen atoms in total. The number of aliphatic hydroxyl groups excluding tert-OH is 2. The average molecular weight is 881 g/mol. The van der Waals surface area contributed by atoms with E-state index in [1.54, 1.807) is 0 Å². The maximum Gasteiger partial charge on any atom is 0.472 e. The van der Waals surface area contributed by atoms with Gasteiger partial charge in [-0.2, -0.15) is 10.4 Å². The second kappa shape index (κ2) is 25.0. The normalized spacial score (nSPS) is 20.6. The third kappa shape index (κ3) is 14.4. The number of rotatable bonds is 29. The summed E-state index contributed by atoms with van der Waals surface area (Å²) in [5, 5.41) is 36.0. The van der Waals surface area contributed by atoms with E-state index in [1.807, 2.05) is 6.07 Å². The number of aromatic nitrogens is 3. The summed E-state index contributed by atoms with van der Waals surface area (Å²) < 4.78 is 50.7. The van der Waals surface area contributed by atoms with E-state index in [0.717, 1.165) is 32.0 Å². The van der Waals surface area contributed by atoms with Gasteiger partial charge >= 0.3 is 7.82 Å². The molecule has 5 N–H and O–H groups in total. The number of aliphatic hydroxyl groups is 2. The molecule has 4 rings (SSSR count). The van der Waals surface area contributed by atoms with Crippen LogP contribution in [0.5, 0.6) is 0 Å². The van der Waals surface area contributed by atoms with Gasteiger partial charge in [0.05, 0.1) is 36.6 Å². The summed E-state index contributed by atoms with van der Waals surface area (Å²) in [6.07, 6.45) is 16.0. The molecule has 334 valence electrons. The second-order valence-corrected chi connectivity index (χ2v) is 17.4. The van der Waals surface area contributed by atoms with Crippen molar-refractivity contribution in [3.8, 4) is 6.07 Å². The zero-order valence-corrected chi connectivity index (χ0v) is 36.6. The number of anilines is 1. The van der Waals surface area contributed by atoms with Crippen molar-refractivity contribution in [2.24, 2.45) is 0 Å². The molecule has 0 aliphatic carbocycles. The van der Waals surface area contributed by atoms with Crippen molar-refractivity contribution in [3.63, 3.8) is 0 Å². The standard InChI is InChI=1S/C42H63ClFN6O9P/c1-3-4-5-6-7-8-9-10-11-12-13-14-15-16-17-18-23-56-26-33(49(31(2)51)25-32-19-20-35(44)34(43)24-32)27-57-60(54,55)58-28-37-39(52)40(53)42(29-45,59-37)38-22-21-36-41(46)47-30-48-50(36)38/h19-22,24,30,33,37,39-40,52-53H,3-18,23,25-28H2,1-2H3,(H,54,55)(H2,46,47,48)/t33-,37-,39-,40-,42+/m1/s1. The zero-order valence-electron chi connectivity index (χ0n) is 34.9. The number of nitrogens with two attached hydrogens (primary N) is 1. The van der Waals surface area contributed by atoms with Gasteiger partial charge in [-0.3, -0.25) is 13.8 Å². The van der Waals surface area contributed by atoms with Gasteiger partial charge in [-0.05, 0) is 36.2 Å². The molecule has 3 aromatic rings. The molecule has 1 aliphatic rings. The minimum absolute atomic E-state index is 0.0242. The molecule has 0 radical (unpaired) electrons. The number of halogens is 2. The molecule has 3 heterocycles. The van der Waals surface area contributed by atoms with Gasteiger partial charge in [0, 0.05) is 20.1 Å². The van der Waals surface area contributed by atoms with Gasteiger partial charge in [0.15, 0.2) is 5.82 Å². The molecule has 60 heavy (non-hydrogen) atoms. The van der Waals surface area contributed by atoms with Crippen molar-refractivity contribution >= 4 is 36.7 Å². The summed E-state index contributed by atoms with van der Waals surface area (Å²) >= 11 is 6.00.